The summed E-state index contributed by atoms with van der Waals surface area (Å²) in [6, 6.07) is 7.13. The molecule has 1 aromatic carbocycles. The van der Waals surface area contributed by atoms with Gasteiger partial charge >= 0.3 is 0 Å². The molecule has 0 spiro atoms. The SMILES string of the molecule is [2H]C(C(C)=O)C([2H])c1ccc(Br)cc1. The molecule has 0 aliphatic rings. The van der Waals surface area contributed by atoms with Crippen LogP contribution in [0.2, 0.25) is 0 Å². The first kappa shape index (κ1) is 6.84. The Balaban J connectivity index is 2.84. The molecule has 2 heteroatoms. The highest BCUT2D eigenvalue weighted by atomic mass is 79.9. The first-order valence-electron chi connectivity index (χ1n) is 4.78. The van der Waals surface area contributed by atoms with Crippen molar-refractivity contribution >= 4 is 21.7 Å². The highest BCUT2D eigenvalue weighted by Gasteiger charge is 1.95. The molecule has 2 unspecified atom stereocenters. The highest BCUT2D eigenvalue weighted by molar-refractivity contribution is 9.10. The second-order valence-corrected chi connectivity index (χ2v) is 3.41. The number of halogens is 1. The molecule has 0 saturated heterocycles. The molecule has 0 aliphatic carbocycles. The average Bonchev–Trinajstić information content (AvgIpc) is 2.16. The smallest absolute Gasteiger partial charge is 0.130 e. The fourth-order valence-electron chi connectivity index (χ4n) is 0.787. The molecule has 0 radical (unpaired) electrons. The van der Waals surface area contributed by atoms with Crippen molar-refractivity contribution in [2.45, 2.75) is 19.7 Å². The molecule has 0 aliphatic heterocycles. The molecule has 0 N–H and O–H groups in total. The van der Waals surface area contributed by atoms with E-state index in [1.165, 1.54) is 6.92 Å². The molecule has 64 valence electrons. The number of Topliss-reactive ketones (excluding diaryl/α,β-unsaturated/α-hetero) is 1. The van der Waals surface area contributed by atoms with E-state index in [2.05, 4.69) is 15.9 Å². The fourth-order valence-corrected chi connectivity index (χ4v) is 1.05. The van der Waals surface area contributed by atoms with Crippen LogP contribution in [0.3, 0.4) is 0 Å². The van der Waals surface area contributed by atoms with Crippen LogP contribution >= 0.6 is 15.9 Å². The van der Waals surface area contributed by atoms with Crippen molar-refractivity contribution in [1.29, 1.82) is 0 Å². The van der Waals surface area contributed by atoms with E-state index in [1.807, 2.05) is 12.1 Å². The zero-order valence-electron chi connectivity index (χ0n) is 8.75. The summed E-state index contributed by atoms with van der Waals surface area (Å²) in [5.41, 5.74) is 0.698. The van der Waals surface area contributed by atoms with Gasteiger partial charge in [-0.3, -0.25) is 0 Å². The van der Waals surface area contributed by atoms with Gasteiger partial charge in [0, 0.05) is 13.6 Å². The summed E-state index contributed by atoms with van der Waals surface area (Å²) in [5, 5.41) is 0. The van der Waals surface area contributed by atoms with Gasteiger partial charge < -0.3 is 4.79 Å². The lowest BCUT2D eigenvalue weighted by Gasteiger charge is -1.98. The van der Waals surface area contributed by atoms with E-state index in [9.17, 15) is 4.79 Å². The maximum atomic E-state index is 10.9. The van der Waals surface area contributed by atoms with Gasteiger partial charge in [-0.05, 0) is 31.0 Å². The normalized spacial score (nSPS) is 17.5. The Morgan fingerprint density at radius 2 is 2.08 bits per heavy atom. The zero-order chi connectivity index (χ0) is 10.7. The van der Waals surface area contributed by atoms with Gasteiger partial charge in [0.2, 0.25) is 0 Å². The third kappa shape index (κ3) is 3.18. The van der Waals surface area contributed by atoms with E-state index >= 15 is 0 Å². The molecule has 1 aromatic rings. The van der Waals surface area contributed by atoms with E-state index in [0.717, 1.165) is 4.47 Å². The molecule has 0 aromatic heterocycles. The molecule has 0 saturated carbocycles. The summed E-state index contributed by atoms with van der Waals surface area (Å²) >= 11 is 3.29. The van der Waals surface area contributed by atoms with E-state index in [-0.39, 0.29) is 5.78 Å². The van der Waals surface area contributed by atoms with Crippen LogP contribution < -0.4 is 0 Å². The van der Waals surface area contributed by atoms with Crippen LogP contribution in [0.5, 0.6) is 0 Å². The largest absolute Gasteiger partial charge is 0.300 e. The van der Waals surface area contributed by atoms with Crippen LogP contribution in [0, 0.1) is 0 Å². The molecule has 0 bridgehead atoms. The van der Waals surface area contributed by atoms with E-state index in [0.29, 0.717) is 5.56 Å². The van der Waals surface area contributed by atoms with Crippen LogP contribution in [-0.2, 0) is 11.2 Å². The molecule has 1 rings (SSSR count). The first-order valence-corrected chi connectivity index (χ1v) is 4.42. The Morgan fingerprint density at radius 1 is 1.50 bits per heavy atom. The van der Waals surface area contributed by atoms with E-state index in [1.54, 1.807) is 12.1 Å². The molecular formula is C10H11BrO. The van der Waals surface area contributed by atoms with Crippen LogP contribution in [0.4, 0.5) is 0 Å². The Morgan fingerprint density at radius 3 is 2.58 bits per heavy atom. The maximum Gasteiger partial charge on any atom is 0.130 e. The van der Waals surface area contributed by atoms with E-state index in [4.69, 9.17) is 2.74 Å². The topological polar surface area (TPSA) is 17.1 Å². The Kier molecular flexibility index (Phi) is 2.51. The van der Waals surface area contributed by atoms with Crippen molar-refractivity contribution < 1.29 is 7.54 Å². The standard InChI is InChI=1S/C10H11BrO/c1-8(12)2-3-9-4-6-10(11)7-5-9/h4-7H,2-3H2,1H3/i2D,3D. The van der Waals surface area contributed by atoms with Crippen molar-refractivity contribution in [1.82, 2.24) is 0 Å². The summed E-state index contributed by atoms with van der Waals surface area (Å²) in [6.07, 6.45) is -1.78. The van der Waals surface area contributed by atoms with Gasteiger partial charge in [-0.25, -0.2) is 0 Å². The van der Waals surface area contributed by atoms with Gasteiger partial charge in [0.1, 0.15) is 5.78 Å². The lowest BCUT2D eigenvalue weighted by Crippen LogP contribution is -1.93. The van der Waals surface area contributed by atoms with Crippen molar-refractivity contribution in [3.05, 3.63) is 34.3 Å². The molecule has 0 amide bonds. The number of rotatable bonds is 3. The zero-order valence-corrected chi connectivity index (χ0v) is 8.34. The molecular weight excluding hydrogens is 216 g/mol. The summed E-state index contributed by atoms with van der Waals surface area (Å²) in [7, 11) is 0. The molecule has 0 heterocycles. The van der Waals surface area contributed by atoms with Crippen molar-refractivity contribution in [2.24, 2.45) is 0 Å². The number of hydrogen-bond donors (Lipinski definition) is 0. The maximum absolute atomic E-state index is 10.9. The van der Waals surface area contributed by atoms with Crippen LogP contribution in [0.1, 0.15) is 21.6 Å². The van der Waals surface area contributed by atoms with E-state index < -0.39 is 12.8 Å². The lowest BCUT2D eigenvalue weighted by atomic mass is 10.1. The third-order valence-corrected chi connectivity index (χ3v) is 1.91. The Hall–Kier alpha value is -0.630. The monoisotopic (exact) mass is 228 g/mol. The number of carbonyl (C=O) groups excluding carboxylic acids is 1. The van der Waals surface area contributed by atoms with Crippen LogP contribution in [0.25, 0.3) is 0 Å². The fraction of sp³-hybridized carbons (Fsp3) is 0.300. The second kappa shape index (κ2) is 4.41. The summed E-state index contributed by atoms with van der Waals surface area (Å²) < 4.78 is 16.1. The van der Waals surface area contributed by atoms with Gasteiger partial charge in [0.15, 0.2) is 0 Å². The number of benzene rings is 1. The Bertz CT molecular complexity index is 323. The minimum atomic E-state index is -0.990. The minimum absolute atomic E-state index is 0.270. The van der Waals surface area contributed by atoms with Crippen LogP contribution in [-0.4, -0.2) is 5.78 Å². The van der Waals surface area contributed by atoms with Crippen molar-refractivity contribution in [2.75, 3.05) is 0 Å². The third-order valence-electron chi connectivity index (χ3n) is 1.38. The highest BCUT2D eigenvalue weighted by Crippen LogP contribution is 2.11. The van der Waals surface area contributed by atoms with Crippen LogP contribution in [0.15, 0.2) is 28.7 Å². The van der Waals surface area contributed by atoms with Crippen molar-refractivity contribution in [3.8, 4) is 0 Å². The van der Waals surface area contributed by atoms with Gasteiger partial charge in [-0.15, -0.1) is 0 Å². The number of ketones is 1. The molecule has 0 fully saturated rings. The molecule has 12 heavy (non-hydrogen) atoms. The number of aryl methyl sites for hydroxylation is 1. The lowest BCUT2D eigenvalue weighted by molar-refractivity contribution is -0.116. The number of carbonyl (C=O) groups is 1. The first-order chi connectivity index (χ1) is 6.52. The van der Waals surface area contributed by atoms with Gasteiger partial charge in [0.25, 0.3) is 0 Å². The number of hydrogen-bond acceptors (Lipinski definition) is 1. The minimum Gasteiger partial charge on any atom is -0.300 e. The summed E-state index contributed by atoms with van der Waals surface area (Å²) in [4.78, 5) is 10.9. The Labute approximate surface area is 83.7 Å². The molecule has 2 atom stereocenters. The quantitative estimate of drug-likeness (QED) is 0.778. The van der Waals surface area contributed by atoms with Gasteiger partial charge in [-0.1, -0.05) is 28.1 Å². The summed E-state index contributed by atoms with van der Waals surface area (Å²) in [6.45, 7) is 1.35. The van der Waals surface area contributed by atoms with Crippen molar-refractivity contribution in [3.63, 3.8) is 0 Å². The van der Waals surface area contributed by atoms with Gasteiger partial charge in [0.05, 0.1) is 0 Å². The summed E-state index contributed by atoms with van der Waals surface area (Å²) in [5.74, 6) is -0.270. The molecule has 1 nitrogen and oxygen atoms in total. The predicted octanol–water partition coefficient (Wildman–Crippen LogP) is 2.97. The average molecular weight is 229 g/mol. The second-order valence-electron chi connectivity index (χ2n) is 2.50. The van der Waals surface area contributed by atoms with Gasteiger partial charge in [-0.2, -0.15) is 0 Å². The predicted molar refractivity (Wildman–Crippen MR) is 53.1 cm³/mol.